The Labute approximate surface area is 138 Å². The zero-order chi connectivity index (χ0) is 16.8. The normalized spacial score (nSPS) is 12.2. The van der Waals surface area contributed by atoms with Crippen LogP contribution in [0, 0.1) is 17.5 Å². The summed E-state index contributed by atoms with van der Waals surface area (Å²) in [5.74, 6) is -3.76. The minimum Gasteiger partial charge on any atom is -0.204 e. The highest BCUT2D eigenvalue weighted by Crippen LogP contribution is 2.39. The number of rotatable bonds is 2. The third-order valence-electron chi connectivity index (χ3n) is 4.67. The number of benzene rings is 3. The van der Waals surface area contributed by atoms with Crippen LogP contribution in [-0.4, -0.2) is 0 Å². The number of aryl methyl sites for hydroxylation is 1. The molecule has 0 saturated carbocycles. The Morgan fingerprint density at radius 2 is 1.38 bits per heavy atom. The topological polar surface area (TPSA) is 0 Å². The van der Waals surface area contributed by atoms with Crippen molar-refractivity contribution in [1.82, 2.24) is 0 Å². The molecule has 0 atom stereocenters. The van der Waals surface area contributed by atoms with Crippen molar-refractivity contribution in [3.05, 3.63) is 82.7 Å². The van der Waals surface area contributed by atoms with Gasteiger partial charge in [0.05, 0.1) is 0 Å². The predicted octanol–water partition coefficient (Wildman–Crippen LogP) is 5.90. The Morgan fingerprint density at radius 1 is 0.750 bits per heavy atom. The van der Waals surface area contributed by atoms with Gasteiger partial charge in [-0.05, 0) is 63.9 Å². The average molecular weight is 324 g/mol. The highest BCUT2D eigenvalue weighted by Gasteiger charge is 2.20. The number of hydrogen-bond donors (Lipinski definition) is 0. The maximum atomic E-state index is 13.5. The fourth-order valence-electron chi connectivity index (χ4n) is 3.39. The lowest BCUT2D eigenvalue weighted by Crippen LogP contribution is -1.92. The van der Waals surface area contributed by atoms with Crippen molar-refractivity contribution in [2.24, 2.45) is 0 Å². The van der Waals surface area contributed by atoms with Gasteiger partial charge in [0.1, 0.15) is 0 Å². The average Bonchev–Trinajstić information content (AvgIpc) is 2.95. The summed E-state index contributed by atoms with van der Waals surface area (Å²) >= 11 is 0. The molecule has 0 spiro atoms. The molecule has 0 N–H and O–H groups in total. The molecule has 3 aromatic carbocycles. The van der Waals surface area contributed by atoms with E-state index >= 15 is 0 Å². The minimum absolute atomic E-state index is 0.347. The Hall–Kier alpha value is -2.55. The second-order valence-electron chi connectivity index (χ2n) is 6.15. The fourth-order valence-corrected chi connectivity index (χ4v) is 3.39. The van der Waals surface area contributed by atoms with E-state index in [-0.39, 0.29) is 0 Å². The fraction of sp³-hybridized carbons (Fsp3) is 0.143. The van der Waals surface area contributed by atoms with Gasteiger partial charge >= 0.3 is 0 Å². The van der Waals surface area contributed by atoms with E-state index in [1.54, 1.807) is 0 Å². The van der Waals surface area contributed by atoms with Crippen molar-refractivity contribution in [3.8, 4) is 22.3 Å². The van der Waals surface area contributed by atoms with Crippen LogP contribution in [0.3, 0.4) is 0 Å². The molecule has 0 radical (unpaired) electrons. The zero-order valence-corrected chi connectivity index (χ0v) is 13.2. The van der Waals surface area contributed by atoms with Crippen LogP contribution in [-0.2, 0) is 12.8 Å². The molecular weight excluding hydrogens is 309 g/mol. The standard InChI is InChI=1S/C21H15F3/c1-2-12-3-5-17-15(7-12)9-16-8-13(4-6-18(16)17)14-10-19(22)21(24)20(23)11-14/h3-8,10-11H,2,9H2,1H3. The molecule has 0 nitrogen and oxygen atoms in total. The lowest BCUT2D eigenvalue weighted by molar-refractivity contribution is 0.448. The summed E-state index contributed by atoms with van der Waals surface area (Å²) in [5.41, 5.74) is 7.10. The van der Waals surface area contributed by atoms with Gasteiger partial charge in [-0.15, -0.1) is 0 Å². The maximum Gasteiger partial charge on any atom is 0.194 e. The summed E-state index contributed by atoms with van der Waals surface area (Å²) in [7, 11) is 0. The molecule has 0 aromatic heterocycles. The van der Waals surface area contributed by atoms with Gasteiger partial charge < -0.3 is 0 Å². The summed E-state index contributed by atoms with van der Waals surface area (Å²) in [4.78, 5) is 0. The molecule has 0 unspecified atom stereocenters. The first-order valence-electron chi connectivity index (χ1n) is 7.97. The molecule has 3 heteroatoms. The van der Waals surface area contributed by atoms with Gasteiger partial charge in [-0.1, -0.05) is 43.3 Å². The first-order chi connectivity index (χ1) is 11.6. The van der Waals surface area contributed by atoms with Crippen molar-refractivity contribution < 1.29 is 13.2 Å². The van der Waals surface area contributed by atoms with Crippen LogP contribution in [0.25, 0.3) is 22.3 Å². The van der Waals surface area contributed by atoms with Crippen LogP contribution in [0.15, 0.2) is 48.5 Å². The summed E-state index contributed by atoms with van der Waals surface area (Å²) in [5, 5.41) is 0. The van der Waals surface area contributed by atoms with E-state index in [0.29, 0.717) is 11.1 Å². The van der Waals surface area contributed by atoms with E-state index in [2.05, 4.69) is 25.1 Å². The quantitative estimate of drug-likeness (QED) is 0.402. The second kappa shape index (κ2) is 5.52. The zero-order valence-electron chi connectivity index (χ0n) is 13.2. The molecule has 120 valence electrons. The number of halogens is 3. The minimum atomic E-state index is -1.43. The van der Waals surface area contributed by atoms with E-state index in [0.717, 1.165) is 36.1 Å². The van der Waals surface area contributed by atoms with Gasteiger partial charge in [0.15, 0.2) is 17.5 Å². The molecule has 3 aromatic rings. The van der Waals surface area contributed by atoms with E-state index in [1.165, 1.54) is 16.7 Å². The molecule has 0 amide bonds. The van der Waals surface area contributed by atoms with Crippen LogP contribution in [0.2, 0.25) is 0 Å². The molecule has 0 saturated heterocycles. The van der Waals surface area contributed by atoms with Crippen molar-refractivity contribution in [3.63, 3.8) is 0 Å². The van der Waals surface area contributed by atoms with Crippen molar-refractivity contribution in [1.29, 1.82) is 0 Å². The molecule has 0 fully saturated rings. The third-order valence-corrected chi connectivity index (χ3v) is 4.67. The highest BCUT2D eigenvalue weighted by atomic mass is 19.2. The van der Waals surface area contributed by atoms with Gasteiger partial charge in [-0.2, -0.15) is 0 Å². The Balaban J connectivity index is 1.78. The van der Waals surface area contributed by atoms with E-state index in [4.69, 9.17) is 0 Å². The first kappa shape index (κ1) is 15.0. The van der Waals surface area contributed by atoms with E-state index < -0.39 is 17.5 Å². The Morgan fingerprint density at radius 3 is 2.04 bits per heavy atom. The first-order valence-corrected chi connectivity index (χ1v) is 7.97. The van der Waals surface area contributed by atoms with Crippen LogP contribution in [0.4, 0.5) is 13.2 Å². The van der Waals surface area contributed by atoms with E-state index in [1.807, 2.05) is 18.2 Å². The van der Waals surface area contributed by atoms with Crippen molar-refractivity contribution >= 4 is 0 Å². The Bertz CT molecular complexity index is 934. The lowest BCUT2D eigenvalue weighted by atomic mass is 9.98. The maximum absolute atomic E-state index is 13.5. The molecule has 0 heterocycles. The van der Waals surface area contributed by atoms with Gasteiger partial charge in [-0.3, -0.25) is 0 Å². The molecule has 1 aliphatic rings. The smallest absolute Gasteiger partial charge is 0.194 e. The van der Waals surface area contributed by atoms with Crippen molar-refractivity contribution in [2.45, 2.75) is 19.8 Å². The Kier molecular flexibility index (Phi) is 3.45. The summed E-state index contributed by atoms with van der Waals surface area (Å²) < 4.78 is 40.1. The molecular formula is C21H15F3. The van der Waals surface area contributed by atoms with Crippen LogP contribution < -0.4 is 0 Å². The molecule has 1 aliphatic carbocycles. The van der Waals surface area contributed by atoms with Crippen LogP contribution in [0.5, 0.6) is 0 Å². The molecule has 0 bridgehead atoms. The summed E-state index contributed by atoms with van der Waals surface area (Å²) in [6, 6.07) is 14.3. The molecule has 24 heavy (non-hydrogen) atoms. The van der Waals surface area contributed by atoms with Gasteiger partial charge in [0.2, 0.25) is 0 Å². The summed E-state index contributed by atoms with van der Waals surface area (Å²) in [6.07, 6.45) is 1.79. The highest BCUT2D eigenvalue weighted by molar-refractivity contribution is 5.80. The van der Waals surface area contributed by atoms with Crippen LogP contribution >= 0.6 is 0 Å². The van der Waals surface area contributed by atoms with Gasteiger partial charge in [-0.25, -0.2) is 13.2 Å². The summed E-state index contributed by atoms with van der Waals surface area (Å²) in [6.45, 7) is 2.12. The van der Waals surface area contributed by atoms with Gasteiger partial charge in [0, 0.05) is 0 Å². The van der Waals surface area contributed by atoms with E-state index in [9.17, 15) is 13.2 Å². The number of fused-ring (bicyclic) bond motifs is 3. The van der Waals surface area contributed by atoms with Crippen LogP contribution in [0.1, 0.15) is 23.6 Å². The van der Waals surface area contributed by atoms with Gasteiger partial charge in [0.25, 0.3) is 0 Å². The molecule has 0 aliphatic heterocycles. The monoisotopic (exact) mass is 324 g/mol. The predicted molar refractivity (Wildman–Crippen MR) is 89.4 cm³/mol. The SMILES string of the molecule is CCc1ccc2c(c1)Cc1cc(-c3cc(F)c(F)c(F)c3)ccc1-2. The molecule has 4 rings (SSSR count). The lowest BCUT2D eigenvalue weighted by Gasteiger charge is -2.07. The van der Waals surface area contributed by atoms with Crippen molar-refractivity contribution in [2.75, 3.05) is 0 Å². The second-order valence-corrected chi connectivity index (χ2v) is 6.15. The third kappa shape index (κ3) is 2.32. The number of hydrogen-bond acceptors (Lipinski definition) is 0. The largest absolute Gasteiger partial charge is 0.204 e.